The number of carbonyl (C=O) groups excluding carboxylic acids is 3. The van der Waals surface area contributed by atoms with Gasteiger partial charge < -0.3 is 5.32 Å². The zero-order chi connectivity index (χ0) is 16.3. The molecule has 0 bridgehead atoms. The molecule has 0 spiro atoms. The fourth-order valence-corrected chi connectivity index (χ4v) is 2.22. The van der Waals surface area contributed by atoms with Gasteiger partial charge in [0.15, 0.2) is 10.9 Å². The number of carbonyl (C=O) groups is 3. The van der Waals surface area contributed by atoms with Crippen LogP contribution in [0.5, 0.6) is 0 Å². The van der Waals surface area contributed by atoms with Crippen molar-refractivity contribution in [1.29, 1.82) is 0 Å². The average molecular weight is 311 g/mol. The van der Waals surface area contributed by atoms with Gasteiger partial charge in [-0.05, 0) is 25.8 Å². The van der Waals surface area contributed by atoms with Crippen LogP contribution in [0.15, 0.2) is 23.3 Å². The Bertz CT molecular complexity index is 439. The van der Waals surface area contributed by atoms with Crippen molar-refractivity contribution in [2.24, 2.45) is 0 Å². The largest absolute Gasteiger partial charge is 0.356 e. The lowest BCUT2D eigenvalue weighted by Gasteiger charge is -2.02. The number of allylic oxidation sites excluding steroid dienone is 4. The Labute approximate surface area is 131 Å². The molecule has 0 saturated carbocycles. The van der Waals surface area contributed by atoms with E-state index in [0.29, 0.717) is 17.9 Å². The number of ketones is 1. The molecule has 4 nitrogen and oxygen atoms in total. The van der Waals surface area contributed by atoms with E-state index >= 15 is 0 Å². The zero-order valence-corrected chi connectivity index (χ0v) is 14.1. The van der Waals surface area contributed by atoms with Crippen LogP contribution in [0.4, 0.5) is 0 Å². The van der Waals surface area contributed by atoms with Crippen molar-refractivity contribution < 1.29 is 14.4 Å². The Kier molecular flexibility index (Phi) is 10.6. The van der Waals surface area contributed by atoms with E-state index in [-0.39, 0.29) is 23.2 Å². The van der Waals surface area contributed by atoms with Gasteiger partial charge in [-0.1, -0.05) is 42.8 Å². The normalized spacial score (nSPS) is 12.2. The third kappa shape index (κ3) is 11.0. The third-order valence-corrected chi connectivity index (χ3v) is 3.62. The third-order valence-electron chi connectivity index (χ3n) is 2.75. The molecule has 0 aromatic heterocycles. The summed E-state index contributed by atoms with van der Waals surface area (Å²) in [5, 5.41) is 2.45. The number of nitrogens with one attached hydrogen (secondary N) is 1. The number of hydrogen-bond acceptors (Lipinski definition) is 4. The van der Waals surface area contributed by atoms with E-state index in [1.54, 1.807) is 13.0 Å². The first-order chi connectivity index (χ1) is 9.86. The molecule has 0 saturated heterocycles. The second kappa shape index (κ2) is 11.3. The first-order valence-corrected chi connectivity index (χ1v) is 8.12. The lowest BCUT2D eigenvalue weighted by atomic mass is 10.1. The van der Waals surface area contributed by atoms with Crippen molar-refractivity contribution in [3.63, 3.8) is 0 Å². The molecule has 0 rings (SSSR count). The fourth-order valence-electron chi connectivity index (χ4n) is 1.55. The van der Waals surface area contributed by atoms with Gasteiger partial charge in [0, 0.05) is 19.2 Å². The smallest absolute Gasteiger partial charge is 0.216 e. The Hall–Kier alpha value is -1.36. The summed E-state index contributed by atoms with van der Waals surface area (Å²) in [7, 11) is 0. The maximum Gasteiger partial charge on any atom is 0.216 e. The number of Topliss-reactive ketones (excluding diaryl/α,β-unsaturated/α-hetero) is 1. The van der Waals surface area contributed by atoms with Crippen molar-refractivity contribution >= 4 is 28.6 Å². The lowest BCUT2D eigenvalue weighted by molar-refractivity contribution is -0.121. The van der Waals surface area contributed by atoms with Crippen LogP contribution in [0.2, 0.25) is 0 Å². The Balaban J connectivity index is 4.16. The van der Waals surface area contributed by atoms with E-state index in [0.717, 1.165) is 24.6 Å². The monoisotopic (exact) mass is 311 g/mol. The standard InChI is InChI=1S/C16H25NO3S/c1-5-6-12(2)7-8-13(3)15(19)11-16(20)21-10-9-17-14(4)18/h7-8H,5-6,9-11H2,1-4H3,(H,17,18). The number of amides is 1. The molecule has 118 valence electrons. The second-order valence-corrected chi connectivity index (χ2v) is 6.07. The summed E-state index contributed by atoms with van der Waals surface area (Å²) in [6.07, 6.45) is 5.71. The highest BCUT2D eigenvalue weighted by molar-refractivity contribution is 8.13. The van der Waals surface area contributed by atoms with Crippen molar-refractivity contribution in [2.45, 2.75) is 47.0 Å². The van der Waals surface area contributed by atoms with Gasteiger partial charge in [0.1, 0.15) is 0 Å². The van der Waals surface area contributed by atoms with E-state index in [4.69, 9.17) is 0 Å². The highest BCUT2D eigenvalue weighted by atomic mass is 32.2. The van der Waals surface area contributed by atoms with Gasteiger partial charge >= 0.3 is 0 Å². The summed E-state index contributed by atoms with van der Waals surface area (Å²) in [6, 6.07) is 0. The molecule has 0 aliphatic carbocycles. The van der Waals surface area contributed by atoms with E-state index in [9.17, 15) is 14.4 Å². The predicted molar refractivity (Wildman–Crippen MR) is 88.2 cm³/mol. The van der Waals surface area contributed by atoms with Crippen molar-refractivity contribution in [3.05, 3.63) is 23.3 Å². The summed E-state index contributed by atoms with van der Waals surface area (Å²) in [5.74, 6) is 0.226. The summed E-state index contributed by atoms with van der Waals surface area (Å²) < 4.78 is 0. The van der Waals surface area contributed by atoms with Crippen LogP contribution in [0.1, 0.15) is 47.0 Å². The first kappa shape index (κ1) is 19.6. The van der Waals surface area contributed by atoms with Gasteiger partial charge in [0.05, 0.1) is 6.42 Å². The molecule has 0 heterocycles. The summed E-state index contributed by atoms with van der Waals surface area (Å²) in [5.41, 5.74) is 1.82. The minimum Gasteiger partial charge on any atom is -0.356 e. The van der Waals surface area contributed by atoms with E-state index in [2.05, 4.69) is 12.2 Å². The molecule has 0 aromatic carbocycles. The highest BCUT2D eigenvalue weighted by Crippen LogP contribution is 2.10. The quantitative estimate of drug-likeness (QED) is 0.308. The zero-order valence-electron chi connectivity index (χ0n) is 13.3. The van der Waals surface area contributed by atoms with Crippen molar-refractivity contribution in [1.82, 2.24) is 5.32 Å². The molecule has 0 unspecified atom stereocenters. The number of thioether (sulfide) groups is 1. The second-order valence-electron chi connectivity index (χ2n) is 4.92. The van der Waals surface area contributed by atoms with Gasteiger partial charge in [0.2, 0.25) is 5.91 Å². The average Bonchev–Trinajstić information content (AvgIpc) is 2.41. The fraction of sp³-hybridized carbons (Fsp3) is 0.562. The van der Waals surface area contributed by atoms with Crippen LogP contribution in [0, 0.1) is 0 Å². The molecule has 0 aliphatic rings. The first-order valence-electron chi connectivity index (χ1n) is 7.14. The van der Waals surface area contributed by atoms with Crippen molar-refractivity contribution in [3.8, 4) is 0 Å². The number of hydrogen-bond donors (Lipinski definition) is 1. The minimum absolute atomic E-state index is 0.0895. The lowest BCUT2D eigenvalue weighted by Crippen LogP contribution is -2.23. The molecule has 0 aliphatic heterocycles. The molecule has 0 fully saturated rings. The highest BCUT2D eigenvalue weighted by Gasteiger charge is 2.11. The molecule has 0 aromatic rings. The van der Waals surface area contributed by atoms with Gasteiger partial charge in [-0.2, -0.15) is 0 Å². The van der Waals surface area contributed by atoms with Gasteiger partial charge in [-0.15, -0.1) is 0 Å². The molecule has 1 amide bonds. The Morgan fingerprint density at radius 1 is 1.10 bits per heavy atom. The Morgan fingerprint density at radius 2 is 1.76 bits per heavy atom. The molecular formula is C16H25NO3S. The van der Waals surface area contributed by atoms with Crippen LogP contribution in [0.3, 0.4) is 0 Å². The molecule has 5 heteroatoms. The SMILES string of the molecule is CCCC(C)=CC=C(C)C(=O)CC(=O)SCCNC(C)=O. The molecule has 0 radical (unpaired) electrons. The predicted octanol–water partition coefficient (Wildman–Crippen LogP) is 3.03. The number of rotatable bonds is 9. The maximum absolute atomic E-state index is 11.9. The summed E-state index contributed by atoms with van der Waals surface area (Å²) >= 11 is 1.08. The van der Waals surface area contributed by atoms with Crippen LogP contribution >= 0.6 is 11.8 Å². The minimum atomic E-state index is -0.160. The summed E-state index contributed by atoms with van der Waals surface area (Å²) in [4.78, 5) is 34.1. The van der Waals surface area contributed by atoms with E-state index in [1.165, 1.54) is 12.5 Å². The topological polar surface area (TPSA) is 63.2 Å². The molecule has 1 N–H and O–H groups in total. The molecule has 0 atom stereocenters. The van der Waals surface area contributed by atoms with Crippen molar-refractivity contribution in [2.75, 3.05) is 12.3 Å². The van der Waals surface area contributed by atoms with Crippen LogP contribution < -0.4 is 5.32 Å². The molecular weight excluding hydrogens is 286 g/mol. The van der Waals surface area contributed by atoms with E-state index in [1.807, 2.05) is 13.0 Å². The van der Waals surface area contributed by atoms with Gasteiger partial charge in [-0.3, -0.25) is 14.4 Å². The van der Waals surface area contributed by atoms with Crippen LogP contribution in [0.25, 0.3) is 0 Å². The van der Waals surface area contributed by atoms with Crippen LogP contribution in [-0.2, 0) is 14.4 Å². The van der Waals surface area contributed by atoms with Gasteiger partial charge in [-0.25, -0.2) is 0 Å². The summed E-state index contributed by atoms with van der Waals surface area (Å²) in [6.45, 7) is 7.73. The van der Waals surface area contributed by atoms with Crippen LogP contribution in [-0.4, -0.2) is 29.1 Å². The van der Waals surface area contributed by atoms with E-state index < -0.39 is 0 Å². The maximum atomic E-state index is 11.9. The molecule has 21 heavy (non-hydrogen) atoms. The Morgan fingerprint density at radius 3 is 2.33 bits per heavy atom. The van der Waals surface area contributed by atoms with Gasteiger partial charge in [0.25, 0.3) is 0 Å².